The third kappa shape index (κ3) is 3.79. The van der Waals surface area contributed by atoms with Crippen LogP contribution >= 0.6 is 0 Å². The fourth-order valence-electron chi connectivity index (χ4n) is 5.28. The molecule has 1 atom stereocenters. The molecular weight excluding hydrogens is 440 g/mol. The topological polar surface area (TPSA) is 102 Å². The number of nitrogens with zero attached hydrogens (tertiary/aromatic N) is 3. The highest BCUT2D eigenvalue weighted by atomic mass is 16.3. The van der Waals surface area contributed by atoms with Gasteiger partial charge in [0, 0.05) is 30.9 Å². The minimum atomic E-state index is -0.704. The molecule has 0 fully saturated rings. The van der Waals surface area contributed by atoms with Gasteiger partial charge in [-0.15, -0.1) is 0 Å². The normalized spacial score (nSPS) is 16.9. The molecule has 0 saturated carbocycles. The van der Waals surface area contributed by atoms with E-state index >= 15 is 0 Å². The minimum Gasteiger partial charge on any atom is -0.459 e. The summed E-state index contributed by atoms with van der Waals surface area (Å²) in [7, 11) is 0. The second-order valence-corrected chi connectivity index (χ2v) is 9.13. The first-order valence-electron chi connectivity index (χ1n) is 11.7. The molecule has 3 heterocycles. The number of nitrogens with two attached hydrogens (primary N) is 1. The SMILES string of the molecule is NC(=O)[C@H]1CC2=C(Cc3ccccc32)CN1C(=O)c1occc1CCc1ccc2nccnc2c1. The van der Waals surface area contributed by atoms with Gasteiger partial charge < -0.3 is 15.1 Å². The number of amides is 2. The molecule has 6 rings (SSSR count). The van der Waals surface area contributed by atoms with Gasteiger partial charge >= 0.3 is 0 Å². The smallest absolute Gasteiger partial charge is 0.290 e. The lowest BCUT2D eigenvalue weighted by Crippen LogP contribution is -2.50. The van der Waals surface area contributed by atoms with Gasteiger partial charge in [0.05, 0.1) is 17.3 Å². The van der Waals surface area contributed by atoms with Crippen molar-refractivity contribution in [2.45, 2.75) is 31.7 Å². The monoisotopic (exact) mass is 464 g/mol. The molecule has 0 radical (unpaired) electrons. The summed E-state index contributed by atoms with van der Waals surface area (Å²) in [6, 6.07) is 15.3. The summed E-state index contributed by atoms with van der Waals surface area (Å²) in [5, 5.41) is 0. The van der Waals surface area contributed by atoms with Crippen molar-refractivity contribution in [3.63, 3.8) is 0 Å². The van der Waals surface area contributed by atoms with Gasteiger partial charge in [-0.05, 0) is 65.3 Å². The van der Waals surface area contributed by atoms with Gasteiger partial charge in [-0.25, -0.2) is 0 Å². The molecule has 2 N–H and O–H groups in total. The van der Waals surface area contributed by atoms with Gasteiger partial charge in [-0.2, -0.15) is 0 Å². The Bertz CT molecular complexity index is 1500. The van der Waals surface area contributed by atoms with Crippen molar-refractivity contribution in [2.75, 3.05) is 6.54 Å². The number of carbonyl (C=O) groups excluding carboxylic acids is 2. The van der Waals surface area contributed by atoms with Gasteiger partial charge in [0.15, 0.2) is 5.76 Å². The van der Waals surface area contributed by atoms with Crippen molar-refractivity contribution >= 4 is 28.4 Å². The number of furan rings is 1. The van der Waals surface area contributed by atoms with Gasteiger partial charge in [0.25, 0.3) is 5.91 Å². The molecule has 1 aliphatic heterocycles. The minimum absolute atomic E-state index is 0.274. The molecule has 0 unspecified atom stereocenters. The summed E-state index contributed by atoms with van der Waals surface area (Å²) in [5.41, 5.74) is 14.1. The standard InChI is InChI=1S/C28H24N4O3/c29-27(33)25-15-22-20(14-19-3-1-2-4-21(19)22)16-32(25)28(34)26-18(9-12-35-26)7-5-17-6-8-23-24(13-17)31-11-10-30-23/h1-4,6,8-13,25H,5,7,14-16H2,(H2,29,33)/t25-/m1/s1. The molecule has 0 spiro atoms. The number of hydrogen-bond donors (Lipinski definition) is 1. The fraction of sp³-hybridized carbons (Fsp3) is 0.214. The Morgan fingerprint density at radius 1 is 1.03 bits per heavy atom. The summed E-state index contributed by atoms with van der Waals surface area (Å²) >= 11 is 0. The van der Waals surface area contributed by atoms with Crippen LogP contribution in [-0.2, 0) is 24.1 Å². The second kappa shape index (κ2) is 8.51. The first-order valence-corrected chi connectivity index (χ1v) is 11.7. The van der Waals surface area contributed by atoms with Gasteiger partial charge in [-0.1, -0.05) is 30.3 Å². The van der Waals surface area contributed by atoms with Crippen LogP contribution in [0, 0.1) is 0 Å². The number of rotatable bonds is 5. The van der Waals surface area contributed by atoms with Crippen LogP contribution in [0.15, 0.2) is 77.2 Å². The zero-order chi connectivity index (χ0) is 23.9. The molecule has 0 bridgehead atoms. The summed E-state index contributed by atoms with van der Waals surface area (Å²) in [6.07, 6.45) is 7.45. The summed E-state index contributed by atoms with van der Waals surface area (Å²) in [4.78, 5) is 36.3. The molecule has 7 heteroatoms. The number of aryl methyl sites for hydroxylation is 2. The molecular formula is C28H24N4O3. The third-order valence-electron chi connectivity index (χ3n) is 7.06. The van der Waals surface area contributed by atoms with Crippen LogP contribution in [0.5, 0.6) is 0 Å². The number of hydrogen-bond acceptors (Lipinski definition) is 5. The van der Waals surface area contributed by atoms with Crippen molar-refractivity contribution < 1.29 is 14.0 Å². The predicted molar refractivity (Wildman–Crippen MR) is 131 cm³/mol. The zero-order valence-electron chi connectivity index (χ0n) is 19.1. The van der Waals surface area contributed by atoms with Gasteiger partial charge in [0.1, 0.15) is 6.04 Å². The number of aromatic nitrogens is 2. The second-order valence-electron chi connectivity index (χ2n) is 9.13. The maximum Gasteiger partial charge on any atom is 0.290 e. The summed E-state index contributed by atoms with van der Waals surface area (Å²) in [5.74, 6) is -0.517. The van der Waals surface area contributed by atoms with E-state index in [1.165, 1.54) is 23.0 Å². The third-order valence-corrected chi connectivity index (χ3v) is 7.06. The van der Waals surface area contributed by atoms with Crippen molar-refractivity contribution in [1.29, 1.82) is 0 Å². The van der Waals surface area contributed by atoms with E-state index in [9.17, 15) is 9.59 Å². The molecule has 174 valence electrons. The maximum absolute atomic E-state index is 13.6. The summed E-state index contributed by atoms with van der Waals surface area (Å²) in [6.45, 7) is 0.375. The molecule has 7 nitrogen and oxygen atoms in total. The predicted octanol–water partition coefficient (Wildman–Crippen LogP) is 3.72. The number of fused-ring (bicyclic) bond motifs is 3. The molecule has 2 aliphatic rings. The van der Waals surface area contributed by atoms with Crippen LogP contribution < -0.4 is 5.73 Å². The van der Waals surface area contributed by atoms with Crippen LogP contribution in [0.1, 0.15) is 39.2 Å². The van der Waals surface area contributed by atoms with Crippen molar-refractivity contribution in [1.82, 2.24) is 14.9 Å². The fourth-order valence-corrected chi connectivity index (χ4v) is 5.28. The average molecular weight is 465 g/mol. The Balaban J connectivity index is 1.23. The van der Waals surface area contributed by atoms with Crippen LogP contribution in [-0.4, -0.2) is 39.3 Å². The highest BCUT2D eigenvalue weighted by Gasteiger charge is 2.39. The van der Waals surface area contributed by atoms with Crippen LogP contribution in [0.4, 0.5) is 0 Å². The van der Waals surface area contributed by atoms with Crippen molar-refractivity contribution in [3.8, 4) is 0 Å². The Labute approximate surface area is 202 Å². The van der Waals surface area contributed by atoms with E-state index in [4.69, 9.17) is 10.2 Å². The first-order chi connectivity index (χ1) is 17.1. The Kier molecular flexibility index (Phi) is 5.17. The maximum atomic E-state index is 13.6. The van der Waals surface area contributed by atoms with Crippen LogP contribution in [0.3, 0.4) is 0 Å². The van der Waals surface area contributed by atoms with Crippen molar-refractivity contribution in [2.24, 2.45) is 5.73 Å². The summed E-state index contributed by atoms with van der Waals surface area (Å²) < 4.78 is 5.66. The van der Waals surface area contributed by atoms with E-state index in [1.807, 2.05) is 36.4 Å². The van der Waals surface area contributed by atoms with Crippen LogP contribution in [0.25, 0.3) is 16.6 Å². The first kappa shape index (κ1) is 21.3. The highest BCUT2D eigenvalue weighted by molar-refractivity contribution is 5.98. The van der Waals surface area contributed by atoms with Crippen molar-refractivity contribution in [3.05, 3.63) is 101 Å². The van der Waals surface area contributed by atoms with E-state index in [0.717, 1.165) is 40.6 Å². The Morgan fingerprint density at radius 3 is 2.71 bits per heavy atom. The van der Waals surface area contributed by atoms with E-state index < -0.39 is 11.9 Å². The number of carbonyl (C=O) groups is 2. The number of primary amides is 1. The Hall–Kier alpha value is -4.26. The molecule has 0 saturated heterocycles. The van der Waals surface area contributed by atoms with E-state index in [0.29, 0.717) is 19.4 Å². The lowest BCUT2D eigenvalue weighted by Gasteiger charge is -2.34. The largest absolute Gasteiger partial charge is 0.459 e. The van der Waals surface area contributed by atoms with Crippen LogP contribution in [0.2, 0.25) is 0 Å². The molecule has 4 aromatic rings. The quantitative estimate of drug-likeness (QED) is 0.485. The lowest BCUT2D eigenvalue weighted by molar-refractivity contribution is -0.122. The highest BCUT2D eigenvalue weighted by Crippen LogP contribution is 2.40. The molecule has 35 heavy (non-hydrogen) atoms. The molecule has 2 amide bonds. The Morgan fingerprint density at radius 2 is 1.86 bits per heavy atom. The lowest BCUT2D eigenvalue weighted by atomic mass is 9.92. The average Bonchev–Trinajstić information content (AvgIpc) is 3.50. The van der Waals surface area contributed by atoms with E-state index in [-0.39, 0.29) is 11.7 Å². The van der Waals surface area contributed by atoms with Gasteiger partial charge in [0.2, 0.25) is 5.91 Å². The molecule has 1 aliphatic carbocycles. The molecule has 2 aromatic heterocycles. The van der Waals surface area contributed by atoms with E-state index in [2.05, 4.69) is 22.1 Å². The molecule has 2 aromatic carbocycles. The zero-order valence-corrected chi connectivity index (χ0v) is 19.1. The number of benzene rings is 2. The van der Waals surface area contributed by atoms with Gasteiger partial charge in [-0.3, -0.25) is 19.6 Å². The van der Waals surface area contributed by atoms with E-state index in [1.54, 1.807) is 17.3 Å².